The number of carbonyl (C=O) groups is 1. The molecule has 1 aromatic rings. The van der Waals surface area contributed by atoms with Crippen LogP contribution in [0, 0.1) is 0 Å². The number of hydrogen-bond acceptors (Lipinski definition) is 4. The van der Waals surface area contributed by atoms with Crippen molar-refractivity contribution in [3.05, 3.63) is 36.7 Å². The maximum atomic E-state index is 11.5. The summed E-state index contributed by atoms with van der Waals surface area (Å²) in [6.07, 6.45) is 8.77. The second kappa shape index (κ2) is 13.6. The minimum absolute atomic E-state index is 0.144. The van der Waals surface area contributed by atoms with E-state index in [9.17, 15) is 4.79 Å². The molecule has 0 spiro atoms. The van der Waals surface area contributed by atoms with Crippen LogP contribution >= 0.6 is 0 Å². The van der Waals surface area contributed by atoms with E-state index >= 15 is 0 Å². The molecule has 0 saturated carbocycles. The van der Waals surface area contributed by atoms with Crippen LogP contribution in [0.15, 0.2) is 31.0 Å². The van der Waals surface area contributed by atoms with Crippen molar-refractivity contribution in [3.8, 4) is 0 Å². The van der Waals surface area contributed by atoms with Crippen LogP contribution in [0.3, 0.4) is 0 Å². The second-order valence-electron chi connectivity index (χ2n) is 4.69. The molecule has 6 nitrogen and oxygen atoms in total. The number of hydrogen-bond donors (Lipinski definition) is 2. The summed E-state index contributed by atoms with van der Waals surface area (Å²) in [7, 11) is 1.60. The number of allylic oxidation sites excluding steroid dienone is 3. The smallest absolute Gasteiger partial charge is 0.271 e. The molecular weight excluding hydrogens is 292 g/mol. The highest BCUT2D eigenvalue weighted by molar-refractivity contribution is 5.97. The van der Waals surface area contributed by atoms with E-state index in [4.69, 9.17) is 4.74 Å². The topological polar surface area (TPSA) is 70.2 Å². The van der Waals surface area contributed by atoms with Crippen LogP contribution in [0.5, 0.6) is 0 Å². The van der Waals surface area contributed by atoms with Gasteiger partial charge in [-0.3, -0.25) is 9.89 Å². The fourth-order valence-electron chi connectivity index (χ4n) is 1.85. The first-order valence-corrected chi connectivity index (χ1v) is 7.92. The molecule has 1 amide bonds. The van der Waals surface area contributed by atoms with Gasteiger partial charge in [0.25, 0.3) is 5.91 Å². The highest BCUT2D eigenvalue weighted by atomic mass is 16.5. The van der Waals surface area contributed by atoms with Gasteiger partial charge in [-0.2, -0.15) is 5.10 Å². The van der Waals surface area contributed by atoms with Gasteiger partial charge in [0.15, 0.2) is 0 Å². The number of aromatic nitrogens is 2. The molecule has 0 bridgehead atoms. The quantitative estimate of drug-likeness (QED) is 0.840. The molecule has 2 heterocycles. The fraction of sp³-hybridized carbons (Fsp3) is 0.529. The molecular formula is C17H30N4O2. The maximum absolute atomic E-state index is 11.5. The van der Waals surface area contributed by atoms with Crippen molar-refractivity contribution in [2.45, 2.75) is 27.2 Å². The van der Waals surface area contributed by atoms with E-state index in [0.717, 1.165) is 25.2 Å². The summed E-state index contributed by atoms with van der Waals surface area (Å²) in [5, 5.41) is 9.19. The van der Waals surface area contributed by atoms with Crippen molar-refractivity contribution in [1.29, 1.82) is 0 Å². The van der Waals surface area contributed by atoms with Gasteiger partial charge >= 0.3 is 0 Å². The Morgan fingerprint density at radius 3 is 2.52 bits per heavy atom. The van der Waals surface area contributed by atoms with E-state index in [-0.39, 0.29) is 5.91 Å². The third kappa shape index (κ3) is 8.21. The molecule has 1 aliphatic rings. The van der Waals surface area contributed by atoms with Crippen LogP contribution in [0.2, 0.25) is 0 Å². The van der Waals surface area contributed by atoms with Crippen molar-refractivity contribution in [1.82, 2.24) is 15.5 Å². The Labute approximate surface area is 139 Å². The second-order valence-corrected chi connectivity index (χ2v) is 4.69. The van der Waals surface area contributed by atoms with Gasteiger partial charge in [0.2, 0.25) is 0 Å². The molecule has 130 valence electrons. The Kier molecular flexibility index (Phi) is 12.3. The van der Waals surface area contributed by atoms with Gasteiger partial charge in [-0.15, -0.1) is 6.58 Å². The number of anilines is 1. The van der Waals surface area contributed by atoms with Crippen molar-refractivity contribution in [2.75, 3.05) is 38.3 Å². The number of amides is 1. The van der Waals surface area contributed by atoms with Crippen LogP contribution in [0.25, 0.3) is 0 Å². The number of aromatic amines is 1. The minimum atomic E-state index is -0.144. The summed E-state index contributed by atoms with van der Waals surface area (Å²) in [5.41, 5.74) is 1.36. The summed E-state index contributed by atoms with van der Waals surface area (Å²) < 4.78 is 5.25. The molecule has 0 aliphatic carbocycles. The summed E-state index contributed by atoms with van der Waals surface area (Å²) in [6, 6.07) is 0. The number of ether oxygens (including phenoxy) is 1. The van der Waals surface area contributed by atoms with Gasteiger partial charge in [-0.1, -0.05) is 25.2 Å². The first-order chi connectivity index (χ1) is 11.2. The van der Waals surface area contributed by atoms with Gasteiger partial charge in [-0.05, 0) is 20.3 Å². The zero-order chi connectivity index (χ0) is 17.5. The Bertz CT molecular complexity index is 463. The van der Waals surface area contributed by atoms with E-state index in [1.807, 2.05) is 13.8 Å². The number of nitrogens with zero attached hydrogens (tertiary/aromatic N) is 2. The average Bonchev–Trinajstić information content (AvgIpc) is 3.07. The molecule has 2 N–H and O–H groups in total. The summed E-state index contributed by atoms with van der Waals surface area (Å²) in [5.74, 6) is -0.144. The van der Waals surface area contributed by atoms with E-state index in [1.165, 1.54) is 0 Å². The molecule has 0 atom stereocenters. The van der Waals surface area contributed by atoms with Gasteiger partial charge in [0.1, 0.15) is 5.69 Å². The SMILES string of the molecule is C/C=C\CC.C=CC.CNC(=O)c1[nH]ncc1N1CCOCC1. The van der Waals surface area contributed by atoms with Gasteiger partial charge in [-0.25, -0.2) is 0 Å². The van der Waals surface area contributed by atoms with E-state index in [0.29, 0.717) is 18.9 Å². The Morgan fingerprint density at radius 1 is 1.48 bits per heavy atom. The number of carbonyl (C=O) groups excluding carboxylic acids is 1. The lowest BCUT2D eigenvalue weighted by Crippen LogP contribution is -2.37. The van der Waals surface area contributed by atoms with Crippen molar-refractivity contribution in [3.63, 3.8) is 0 Å². The lowest BCUT2D eigenvalue weighted by molar-refractivity contribution is 0.0956. The minimum Gasteiger partial charge on any atom is -0.378 e. The Balaban J connectivity index is 0.000000511. The van der Waals surface area contributed by atoms with Crippen LogP contribution in [0.1, 0.15) is 37.7 Å². The van der Waals surface area contributed by atoms with Crippen LogP contribution in [-0.4, -0.2) is 49.5 Å². The molecule has 1 aromatic heterocycles. The summed E-state index contributed by atoms with van der Waals surface area (Å²) in [6.45, 7) is 12.4. The molecule has 2 rings (SSSR count). The van der Waals surface area contributed by atoms with E-state index in [1.54, 1.807) is 19.3 Å². The standard InChI is InChI=1S/C9H14N4O2.C5H10.C3H6/c1-10-9(14)8-7(6-11-12-8)13-2-4-15-5-3-13;1-3-5-4-2;1-3-2/h6H,2-5H2,1H3,(H,10,14)(H,11,12);3,5H,4H2,1-2H3;3H,1H2,2H3/b;5-3-;. The zero-order valence-electron chi connectivity index (χ0n) is 14.8. The molecule has 1 saturated heterocycles. The average molecular weight is 322 g/mol. The molecule has 6 heteroatoms. The highest BCUT2D eigenvalue weighted by Gasteiger charge is 2.19. The number of H-pyrrole nitrogens is 1. The van der Waals surface area contributed by atoms with Gasteiger partial charge in [0.05, 0.1) is 25.1 Å². The number of morpholine rings is 1. The Morgan fingerprint density at radius 2 is 2.09 bits per heavy atom. The largest absolute Gasteiger partial charge is 0.378 e. The first-order valence-electron chi connectivity index (χ1n) is 7.92. The maximum Gasteiger partial charge on any atom is 0.271 e. The van der Waals surface area contributed by atoms with Gasteiger partial charge < -0.3 is 15.0 Å². The predicted molar refractivity (Wildman–Crippen MR) is 96.0 cm³/mol. The van der Waals surface area contributed by atoms with Gasteiger partial charge in [0, 0.05) is 20.1 Å². The summed E-state index contributed by atoms with van der Waals surface area (Å²) >= 11 is 0. The predicted octanol–water partition coefficient (Wildman–Crippen LogP) is 2.77. The molecule has 0 radical (unpaired) electrons. The molecule has 0 aromatic carbocycles. The number of nitrogens with one attached hydrogen (secondary N) is 2. The van der Waals surface area contributed by atoms with Crippen LogP contribution in [0.4, 0.5) is 5.69 Å². The third-order valence-electron chi connectivity index (χ3n) is 2.90. The molecule has 1 aliphatic heterocycles. The third-order valence-corrected chi connectivity index (χ3v) is 2.90. The van der Waals surface area contributed by atoms with Crippen molar-refractivity contribution < 1.29 is 9.53 Å². The monoisotopic (exact) mass is 322 g/mol. The highest BCUT2D eigenvalue weighted by Crippen LogP contribution is 2.18. The van der Waals surface area contributed by atoms with Crippen molar-refractivity contribution >= 4 is 11.6 Å². The summed E-state index contributed by atoms with van der Waals surface area (Å²) in [4.78, 5) is 13.6. The lowest BCUT2D eigenvalue weighted by Gasteiger charge is -2.28. The van der Waals surface area contributed by atoms with Crippen LogP contribution < -0.4 is 10.2 Å². The van der Waals surface area contributed by atoms with Crippen molar-refractivity contribution in [2.24, 2.45) is 0 Å². The molecule has 1 fully saturated rings. The Hall–Kier alpha value is -2.08. The normalized spacial score (nSPS) is 13.5. The molecule has 0 unspecified atom stereocenters. The molecule has 23 heavy (non-hydrogen) atoms. The first kappa shape index (κ1) is 20.9. The number of rotatable bonds is 3. The zero-order valence-corrected chi connectivity index (χ0v) is 14.8. The lowest BCUT2D eigenvalue weighted by atomic mass is 10.3. The fourth-order valence-corrected chi connectivity index (χ4v) is 1.85. The van der Waals surface area contributed by atoms with Crippen LogP contribution in [-0.2, 0) is 4.74 Å². The van der Waals surface area contributed by atoms with E-state index < -0.39 is 0 Å². The van der Waals surface area contributed by atoms with E-state index in [2.05, 4.69) is 46.1 Å².